The van der Waals surface area contributed by atoms with E-state index in [1.54, 1.807) is 0 Å². The molecule has 0 atom stereocenters. The lowest BCUT2D eigenvalue weighted by atomic mass is 10.2. The molecule has 0 unspecified atom stereocenters. The van der Waals surface area contributed by atoms with Crippen LogP contribution in [0.1, 0.15) is 17.7 Å². The molecule has 0 aliphatic rings. The second kappa shape index (κ2) is 8.80. The number of carbonyl (C=O) groups is 1. The van der Waals surface area contributed by atoms with E-state index in [4.69, 9.17) is 4.74 Å². The van der Waals surface area contributed by atoms with Crippen molar-refractivity contribution in [1.29, 1.82) is 0 Å². The Labute approximate surface area is 158 Å². The summed E-state index contributed by atoms with van der Waals surface area (Å²) in [6, 6.07) is 17.1. The molecule has 27 heavy (non-hydrogen) atoms. The number of amides is 1. The van der Waals surface area contributed by atoms with E-state index < -0.39 is 0 Å². The molecule has 1 heterocycles. The summed E-state index contributed by atoms with van der Waals surface area (Å²) in [5, 5.41) is 6.06. The first-order chi connectivity index (χ1) is 13.1. The van der Waals surface area contributed by atoms with Crippen molar-refractivity contribution in [3.05, 3.63) is 72.2 Å². The minimum absolute atomic E-state index is 0.0887. The third kappa shape index (κ3) is 5.81. The molecule has 6 heteroatoms. The molecule has 1 amide bonds. The van der Waals surface area contributed by atoms with Gasteiger partial charge in [-0.05, 0) is 50.2 Å². The number of aromatic nitrogens is 2. The van der Waals surface area contributed by atoms with Gasteiger partial charge in [0, 0.05) is 23.1 Å². The summed E-state index contributed by atoms with van der Waals surface area (Å²) in [4.78, 5) is 20.3. The summed E-state index contributed by atoms with van der Waals surface area (Å²) < 4.78 is 5.58. The first kappa shape index (κ1) is 18.4. The number of hydrogen-bond donors (Lipinski definition) is 2. The quantitative estimate of drug-likeness (QED) is 0.657. The van der Waals surface area contributed by atoms with E-state index in [1.807, 2.05) is 68.4 Å². The molecule has 0 bridgehead atoms. The predicted octanol–water partition coefficient (Wildman–Crippen LogP) is 4.24. The Morgan fingerprint density at radius 3 is 2.37 bits per heavy atom. The van der Waals surface area contributed by atoms with E-state index in [0.29, 0.717) is 6.61 Å². The Kier molecular flexibility index (Phi) is 5.99. The van der Waals surface area contributed by atoms with Gasteiger partial charge in [0.25, 0.3) is 0 Å². The molecule has 3 rings (SSSR count). The van der Waals surface area contributed by atoms with Crippen LogP contribution >= 0.6 is 0 Å². The van der Waals surface area contributed by atoms with Crippen molar-refractivity contribution in [1.82, 2.24) is 9.97 Å². The van der Waals surface area contributed by atoms with Gasteiger partial charge in [0.1, 0.15) is 17.9 Å². The largest absolute Gasteiger partial charge is 0.493 e. The fraction of sp³-hybridized carbons (Fsp3) is 0.190. The molecule has 1 aromatic heterocycles. The van der Waals surface area contributed by atoms with Crippen LogP contribution in [0.25, 0.3) is 0 Å². The Bertz CT molecular complexity index is 893. The van der Waals surface area contributed by atoms with Crippen molar-refractivity contribution in [2.24, 2.45) is 0 Å². The maximum Gasteiger partial charge on any atom is 0.227 e. The van der Waals surface area contributed by atoms with E-state index in [1.165, 1.54) is 11.9 Å². The molecule has 0 spiro atoms. The third-order valence-corrected chi connectivity index (χ3v) is 3.86. The lowest BCUT2D eigenvalue weighted by Gasteiger charge is -2.09. The fourth-order valence-electron chi connectivity index (χ4n) is 2.43. The van der Waals surface area contributed by atoms with Crippen molar-refractivity contribution in [2.45, 2.75) is 20.3 Å². The zero-order valence-corrected chi connectivity index (χ0v) is 15.4. The average Bonchev–Trinajstić information content (AvgIpc) is 2.65. The highest BCUT2D eigenvalue weighted by atomic mass is 16.5. The number of nitrogens with one attached hydrogen (secondary N) is 2. The molecule has 2 N–H and O–H groups in total. The second-order valence-corrected chi connectivity index (χ2v) is 6.21. The molecule has 6 nitrogen and oxygen atoms in total. The molecule has 0 fully saturated rings. The van der Waals surface area contributed by atoms with Crippen LogP contribution in [0.15, 0.2) is 60.9 Å². The fourth-order valence-corrected chi connectivity index (χ4v) is 2.43. The summed E-state index contributed by atoms with van der Waals surface area (Å²) in [5.41, 5.74) is 3.69. The molecular weight excluding hydrogens is 340 g/mol. The van der Waals surface area contributed by atoms with Crippen molar-refractivity contribution in [2.75, 3.05) is 17.2 Å². The van der Waals surface area contributed by atoms with Crippen LogP contribution in [0, 0.1) is 13.8 Å². The van der Waals surface area contributed by atoms with Gasteiger partial charge in [0.05, 0.1) is 13.0 Å². The van der Waals surface area contributed by atoms with Crippen LogP contribution in [0.3, 0.4) is 0 Å². The van der Waals surface area contributed by atoms with E-state index in [9.17, 15) is 4.79 Å². The van der Waals surface area contributed by atoms with Crippen molar-refractivity contribution < 1.29 is 9.53 Å². The summed E-state index contributed by atoms with van der Waals surface area (Å²) in [6.45, 7) is 4.27. The summed E-state index contributed by atoms with van der Waals surface area (Å²) in [5.74, 6) is 1.41. The zero-order valence-electron chi connectivity index (χ0n) is 15.4. The van der Waals surface area contributed by atoms with Crippen LogP contribution < -0.4 is 15.4 Å². The number of rotatable bonds is 7. The van der Waals surface area contributed by atoms with Gasteiger partial charge < -0.3 is 15.4 Å². The minimum atomic E-state index is -0.0887. The second-order valence-electron chi connectivity index (χ2n) is 6.21. The van der Waals surface area contributed by atoms with E-state index in [2.05, 4.69) is 20.6 Å². The van der Waals surface area contributed by atoms with Crippen molar-refractivity contribution in [3.63, 3.8) is 0 Å². The number of ether oxygens (including phenoxy) is 1. The molecule has 0 radical (unpaired) electrons. The third-order valence-electron chi connectivity index (χ3n) is 3.86. The van der Waals surface area contributed by atoms with Crippen LogP contribution in [0.4, 0.5) is 17.2 Å². The monoisotopic (exact) mass is 362 g/mol. The van der Waals surface area contributed by atoms with E-state index in [0.717, 1.165) is 28.6 Å². The molecule has 138 valence electrons. The number of benzene rings is 2. The average molecular weight is 362 g/mol. The molecule has 3 aromatic rings. The van der Waals surface area contributed by atoms with E-state index in [-0.39, 0.29) is 12.3 Å². The summed E-state index contributed by atoms with van der Waals surface area (Å²) >= 11 is 0. The highest BCUT2D eigenvalue weighted by Crippen LogP contribution is 2.18. The van der Waals surface area contributed by atoms with Gasteiger partial charge in [-0.3, -0.25) is 4.79 Å². The van der Waals surface area contributed by atoms with Gasteiger partial charge in [-0.2, -0.15) is 0 Å². The van der Waals surface area contributed by atoms with Gasteiger partial charge >= 0.3 is 0 Å². The summed E-state index contributed by atoms with van der Waals surface area (Å²) in [6.07, 6.45) is 1.80. The van der Waals surface area contributed by atoms with Gasteiger partial charge in [-0.1, -0.05) is 17.7 Å². The highest BCUT2D eigenvalue weighted by molar-refractivity contribution is 5.91. The van der Waals surface area contributed by atoms with Gasteiger partial charge in [-0.25, -0.2) is 9.97 Å². The Morgan fingerprint density at radius 1 is 0.963 bits per heavy atom. The Morgan fingerprint density at radius 2 is 1.67 bits per heavy atom. The lowest BCUT2D eigenvalue weighted by Crippen LogP contribution is -2.15. The lowest BCUT2D eigenvalue weighted by molar-refractivity contribution is -0.116. The first-order valence-electron chi connectivity index (χ1n) is 8.73. The van der Waals surface area contributed by atoms with Crippen molar-refractivity contribution in [3.8, 4) is 5.75 Å². The molecule has 0 aliphatic carbocycles. The Hall–Kier alpha value is -3.41. The molecule has 0 saturated carbocycles. The number of nitrogens with zero attached hydrogens (tertiary/aromatic N) is 2. The van der Waals surface area contributed by atoms with Gasteiger partial charge in [-0.15, -0.1) is 0 Å². The van der Waals surface area contributed by atoms with Gasteiger partial charge in [0.2, 0.25) is 5.91 Å². The molecular formula is C21H22N4O2. The SMILES string of the molecule is Cc1ccc(OCCC(=O)Nc2ccc(Nc3cc(C)ncn3)cc2)cc1. The summed E-state index contributed by atoms with van der Waals surface area (Å²) in [7, 11) is 0. The van der Waals surface area contributed by atoms with Crippen LogP contribution in [0.5, 0.6) is 5.75 Å². The van der Waals surface area contributed by atoms with Crippen LogP contribution in [-0.4, -0.2) is 22.5 Å². The number of anilines is 3. The first-order valence-corrected chi connectivity index (χ1v) is 8.73. The number of aryl methyl sites for hydroxylation is 2. The topological polar surface area (TPSA) is 76.1 Å². The van der Waals surface area contributed by atoms with Gasteiger partial charge in [0.15, 0.2) is 0 Å². The molecule has 0 saturated heterocycles. The number of carbonyl (C=O) groups excluding carboxylic acids is 1. The standard InChI is InChI=1S/C21H22N4O2/c1-15-3-9-19(10-4-15)27-12-11-21(26)25-18-7-5-17(6-8-18)24-20-13-16(2)22-14-23-20/h3-10,13-14H,11-12H2,1-2H3,(H,25,26)(H,22,23,24). The maximum atomic E-state index is 12.0. The van der Waals surface area contributed by atoms with Crippen molar-refractivity contribution >= 4 is 23.1 Å². The smallest absolute Gasteiger partial charge is 0.227 e. The van der Waals surface area contributed by atoms with E-state index >= 15 is 0 Å². The molecule has 0 aliphatic heterocycles. The minimum Gasteiger partial charge on any atom is -0.493 e. The zero-order chi connectivity index (χ0) is 19.1. The van der Waals surface area contributed by atoms with Crippen LogP contribution in [-0.2, 0) is 4.79 Å². The molecule has 2 aromatic carbocycles. The normalized spacial score (nSPS) is 10.3. The number of hydrogen-bond acceptors (Lipinski definition) is 5. The predicted molar refractivity (Wildman–Crippen MR) is 106 cm³/mol. The van der Waals surface area contributed by atoms with Crippen LogP contribution in [0.2, 0.25) is 0 Å². The maximum absolute atomic E-state index is 12.0. The Balaban J connectivity index is 1.46. The highest BCUT2D eigenvalue weighted by Gasteiger charge is 2.04.